The van der Waals surface area contributed by atoms with Crippen molar-refractivity contribution in [3.05, 3.63) is 69.9 Å². The molecule has 0 aliphatic carbocycles. The summed E-state index contributed by atoms with van der Waals surface area (Å²) in [4.78, 5) is 12.3. The molecule has 0 saturated carbocycles. The Labute approximate surface area is 163 Å². The van der Waals surface area contributed by atoms with Gasteiger partial charge in [0.25, 0.3) is 5.91 Å². The summed E-state index contributed by atoms with van der Waals surface area (Å²) in [6, 6.07) is 9.36. The molecule has 0 radical (unpaired) electrons. The lowest BCUT2D eigenvalue weighted by molar-refractivity contribution is 0.0918. The summed E-state index contributed by atoms with van der Waals surface area (Å²) in [6.45, 7) is 7.17. The van der Waals surface area contributed by atoms with Crippen molar-refractivity contribution in [2.24, 2.45) is 0 Å². The molecule has 3 rings (SSSR count). The zero-order valence-corrected chi connectivity index (χ0v) is 16.3. The maximum atomic E-state index is 12.3. The van der Waals surface area contributed by atoms with Crippen LogP contribution in [0.25, 0.3) is 0 Å². The van der Waals surface area contributed by atoms with Gasteiger partial charge in [-0.25, -0.2) is 0 Å². The lowest BCUT2D eigenvalue weighted by Gasteiger charge is -2.10. The Balaban J connectivity index is 1.60. The molecule has 142 valence electrons. The van der Waals surface area contributed by atoms with E-state index in [0.29, 0.717) is 17.3 Å². The smallest absolute Gasteiger partial charge is 0.287 e. The van der Waals surface area contributed by atoms with E-state index in [1.807, 2.05) is 39.0 Å². The van der Waals surface area contributed by atoms with E-state index in [2.05, 4.69) is 10.4 Å². The summed E-state index contributed by atoms with van der Waals surface area (Å²) in [7, 11) is 0. The van der Waals surface area contributed by atoms with E-state index < -0.39 is 0 Å². The van der Waals surface area contributed by atoms with Gasteiger partial charge >= 0.3 is 0 Å². The first-order valence-electron chi connectivity index (χ1n) is 8.75. The predicted molar refractivity (Wildman–Crippen MR) is 103 cm³/mol. The molecule has 3 aromatic rings. The van der Waals surface area contributed by atoms with Crippen molar-refractivity contribution >= 4 is 17.5 Å². The average Bonchev–Trinajstić information content (AvgIpc) is 3.26. The molecule has 0 aliphatic rings. The Kier molecular flexibility index (Phi) is 5.86. The van der Waals surface area contributed by atoms with Crippen LogP contribution < -0.4 is 10.1 Å². The summed E-state index contributed by atoms with van der Waals surface area (Å²) >= 11 is 6.11. The quantitative estimate of drug-likeness (QED) is 0.657. The summed E-state index contributed by atoms with van der Waals surface area (Å²) in [5, 5.41) is 7.48. The zero-order valence-electron chi connectivity index (χ0n) is 15.6. The van der Waals surface area contributed by atoms with Gasteiger partial charge in [0.05, 0.1) is 23.5 Å². The van der Waals surface area contributed by atoms with Crippen molar-refractivity contribution in [1.29, 1.82) is 0 Å². The van der Waals surface area contributed by atoms with E-state index in [0.717, 1.165) is 22.6 Å². The molecule has 2 aromatic heterocycles. The predicted octanol–water partition coefficient (Wildman–Crippen LogP) is 4.28. The topological polar surface area (TPSA) is 69.3 Å². The molecule has 1 aromatic carbocycles. The minimum Gasteiger partial charge on any atom is -0.485 e. The van der Waals surface area contributed by atoms with Crippen LogP contribution >= 0.6 is 11.6 Å². The number of carbonyl (C=O) groups excluding carboxylic acids is 1. The third-order valence-electron chi connectivity index (χ3n) is 4.27. The number of nitrogens with one attached hydrogen (secondary N) is 1. The van der Waals surface area contributed by atoms with Crippen LogP contribution in [0, 0.1) is 13.8 Å². The molecule has 0 atom stereocenters. The normalized spacial score (nSPS) is 10.8. The van der Waals surface area contributed by atoms with Crippen LogP contribution in [0.15, 0.2) is 40.9 Å². The van der Waals surface area contributed by atoms with Crippen molar-refractivity contribution < 1.29 is 13.9 Å². The van der Waals surface area contributed by atoms with Crippen LogP contribution in [0.4, 0.5) is 0 Å². The SMILES string of the molecule is CCn1ncc(Cl)c1CNC(=O)c1ccc(COc2c(C)cccc2C)o1. The average molecular weight is 388 g/mol. The maximum Gasteiger partial charge on any atom is 0.287 e. The second-order valence-electron chi connectivity index (χ2n) is 6.21. The van der Waals surface area contributed by atoms with Crippen molar-refractivity contribution in [1.82, 2.24) is 15.1 Å². The van der Waals surface area contributed by atoms with Gasteiger partial charge in [0, 0.05) is 6.54 Å². The monoisotopic (exact) mass is 387 g/mol. The van der Waals surface area contributed by atoms with Gasteiger partial charge in [-0.2, -0.15) is 5.10 Å². The number of hydrogen-bond acceptors (Lipinski definition) is 4. The second kappa shape index (κ2) is 8.31. The van der Waals surface area contributed by atoms with Gasteiger partial charge in [0.1, 0.15) is 18.1 Å². The largest absolute Gasteiger partial charge is 0.485 e. The highest BCUT2D eigenvalue weighted by Gasteiger charge is 2.14. The Morgan fingerprint density at radius 1 is 1.26 bits per heavy atom. The molecule has 7 heteroatoms. The molecule has 1 amide bonds. The summed E-state index contributed by atoms with van der Waals surface area (Å²) in [5.74, 6) is 1.34. The first-order chi connectivity index (χ1) is 13.0. The van der Waals surface area contributed by atoms with E-state index in [-0.39, 0.29) is 24.8 Å². The molecule has 2 heterocycles. The third-order valence-corrected chi connectivity index (χ3v) is 4.58. The maximum absolute atomic E-state index is 12.3. The molecule has 0 bridgehead atoms. The number of halogens is 1. The minimum atomic E-state index is -0.312. The highest BCUT2D eigenvalue weighted by atomic mass is 35.5. The zero-order chi connectivity index (χ0) is 19.4. The number of aromatic nitrogens is 2. The summed E-state index contributed by atoms with van der Waals surface area (Å²) in [5.41, 5.74) is 2.88. The van der Waals surface area contributed by atoms with E-state index in [1.165, 1.54) is 0 Å². The lowest BCUT2D eigenvalue weighted by Crippen LogP contribution is -2.24. The van der Waals surface area contributed by atoms with Crippen LogP contribution in [-0.2, 0) is 19.7 Å². The molecule has 0 spiro atoms. The Morgan fingerprint density at radius 3 is 2.70 bits per heavy atom. The number of para-hydroxylation sites is 1. The number of amides is 1. The number of hydrogen-bond donors (Lipinski definition) is 1. The second-order valence-corrected chi connectivity index (χ2v) is 6.62. The minimum absolute atomic E-state index is 0.230. The molecule has 0 unspecified atom stereocenters. The van der Waals surface area contributed by atoms with Crippen LogP contribution in [0.3, 0.4) is 0 Å². The van der Waals surface area contributed by atoms with Crippen molar-refractivity contribution in [3.63, 3.8) is 0 Å². The molecule has 6 nitrogen and oxygen atoms in total. The van der Waals surface area contributed by atoms with Crippen molar-refractivity contribution in [3.8, 4) is 5.75 Å². The van der Waals surface area contributed by atoms with Gasteiger partial charge in [-0.05, 0) is 44.0 Å². The lowest BCUT2D eigenvalue weighted by atomic mass is 10.1. The van der Waals surface area contributed by atoms with Gasteiger partial charge in [-0.15, -0.1) is 0 Å². The molecule has 0 aliphatic heterocycles. The molecular weight excluding hydrogens is 366 g/mol. The molecule has 27 heavy (non-hydrogen) atoms. The summed E-state index contributed by atoms with van der Waals surface area (Å²) < 4.78 is 13.2. The first kappa shape index (κ1) is 19.0. The van der Waals surface area contributed by atoms with E-state index in [1.54, 1.807) is 23.0 Å². The summed E-state index contributed by atoms with van der Waals surface area (Å²) in [6.07, 6.45) is 1.57. The Bertz CT molecular complexity index is 926. The van der Waals surface area contributed by atoms with E-state index in [4.69, 9.17) is 20.8 Å². The van der Waals surface area contributed by atoms with Crippen LogP contribution in [0.2, 0.25) is 5.02 Å². The number of nitrogens with zero attached hydrogens (tertiary/aromatic N) is 2. The van der Waals surface area contributed by atoms with Crippen LogP contribution in [-0.4, -0.2) is 15.7 Å². The van der Waals surface area contributed by atoms with Crippen LogP contribution in [0.5, 0.6) is 5.75 Å². The standard InChI is InChI=1S/C20H22ClN3O3/c1-4-24-17(16(21)10-23-24)11-22-20(25)18-9-8-15(27-18)12-26-19-13(2)6-5-7-14(19)3/h5-10H,4,11-12H2,1-3H3,(H,22,25). The highest BCUT2D eigenvalue weighted by molar-refractivity contribution is 6.31. The van der Waals surface area contributed by atoms with Gasteiger partial charge in [-0.3, -0.25) is 9.48 Å². The van der Waals surface area contributed by atoms with Crippen LogP contribution in [0.1, 0.15) is 40.1 Å². The Morgan fingerprint density at radius 2 is 2.00 bits per heavy atom. The number of rotatable bonds is 7. The molecule has 0 fully saturated rings. The molecule has 0 saturated heterocycles. The number of benzene rings is 1. The van der Waals surface area contributed by atoms with Gasteiger partial charge in [0.2, 0.25) is 0 Å². The van der Waals surface area contributed by atoms with E-state index >= 15 is 0 Å². The number of ether oxygens (including phenoxy) is 1. The highest BCUT2D eigenvalue weighted by Crippen LogP contribution is 2.24. The molecular formula is C20H22ClN3O3. The fourth-order valence-corrected chi connectivity index (χ4v) is 3.04. The van der Waals surface area contributed by atoms with Crippen molar-refractivity contribution in [2.45, 2.75) is 40.5 Å². The van der Waals surface area contributed by atoms with Crippen molar-refractivity contribution in [2.75, 3.05) is 0 Å². The van der Waals surface area contributed by atoms with Gasteiger partial charge in [-0.1, -0.05) is 29.8 Å². The fraction of sp³-hybridized carbons (Fsp3) is 0.300. The Hall–Kier alpha value is -2.73. The number of aryl methyl sites for hydroxylation is 3. The number of furan rings is 1. The molecule has 1 N–H and O–H groups in total. The van der Waals surface area contributed by atoms with E-state index in [9.17, 15) is 4.79 Å². The fourth-order valence-electron chi connectivity index (χ4n) is 2.83. The third kappa shape index (κ3) is 4.34. The first-order valence-corrected chi connectivity index (χ1v) is 9.13. The van der Waals surface area contributed by atoms with Gasteiger partial charge < -0.3 is 14.5 Å². The van der Waals surface area contributed by atoms with Gasteiger partial charge in [0.15, 0.2) is 5.76 Å². The number of carbonyl (C=O) groups is 1.